The highest BCUT2D eigenvalue weighted by molar-refractivity contribution is 6.01. The van der Waals surface area contributed by atoms with Crippen molar-refractivity contribution in [2.24, 2.45) is 35.3 Å². The number of amides is 12. The molecule has 0 aliphatic carbocycles. The number of carboxylic acids is 1. The lowest BCUT2D eigenvalue weighted by molar-refractivity contribution is -0.147. The van der Waals surface area contributed by atoms with Gasteiger partial charge in [0, 0.05) is 20.0 Å². The summed E-state index contributed by atoms with van der Waals surface area (Å²) in [5.41, 5.74) is 0.673. The molecule has 2 rings (SSSR count). The molecule has 476 valence electrons. The fraction of sp³-hybridized carbons (Fsp3) is 0.776. The number of likely N-dealkylation sites (tertiary alicyclic amines) is 2. The highest BCUT2D eigenvalue weighted by Crippen LogP contribution is 2.26. The lowest BCUT2D eigenvalue weighted by Crippen LogP contribution is -2.65. The molecular formula is C58H100N12O14. The fourth-order valence-electron chi connectivity index (χ4n) is 10.2. The van der Waals surface area contributed by atoms with E-state index in [-0.39, 0.29) is 50.6 Å². The summed E-state index contributed by atoms with van der Waals surface area (Å²) in [6, 6.07) is -9.69. The molecule has 0 unspecified atom stereocenters. The number of carbonyl (C=O) groups is 13. The van der Waals surface area contributed by atoms with Crippen LogP contribution in [0.1, 0.15) is 182 Å². The van der Waals surface area contributed by atoms with Gasteiger partial charge in [-0.1, -0.05) is 88.5 Å². The molecule has 84 heavy (non-hydrogen) atoms. The van der Waals surface area contributed by atoms with Gasteiger partial charge in [0.05, 0.1) is 6.42 Å². The Balaban J connectivity index is 2.33. The van der Waals surface area contributed by atoms with E-state index in [0.717, 1.165) is 0 Å². The maximum Gasteiger partial charge on any atom is 0.326 e. The standard InChI is InChI=1S/C58H100N12O14/c1-18-32(8)42(49(77)60-36(27-30(4)5)46(74)67-57(14,15)54(83)69-25-21-23-39(69)47(75)61-38(52(80)81)28-31(6)7)64-48(76)40-24-22-26-70(40)55(84)58(16,17)68-51(79)44(34(10)20-3)65-50(78)43(33(9)19-2)63-45(73)37(29-41(59)72)62-53(82)56(12,13)66-35(11)71/h30-34,36-40,42-44H,18-29H2,1-17H3,(H2,59,72)(H,60,77)(H,61,75)(H,62,82)(H,63,73)(H,64,76)(H,65,78)(H,66,71)(H,67,74)(H,68,79)(H,80,81)/t32-,33-,34-,36-,37-,38-,39-,40-,42-,43-,44-/m0/s1. The van der Waals surface area contributed by atoms with E-state index in [1.165, 1.54) is 58.3 Å². The van der Waals surface area contributed by atoms with E-state index in [1.807, 2.05) is 34.6 Å². The van der Waals surface area contributed by atoms with Crippen molar-refractivity contribution in [3.05, 3.63) is 0 Å². The van der Waals surface area contributed by atoms with Crippen molar-refractivity contribution < 1.29 is 67.4 Å². The zero-order valence-electron chi connectivity index (χ0n) is 52.7. The number of aliphatic carboxylic acids is 1. The third kappa shape index (κ3) is 21.0. The number of nitrogens with two attached hydrogens (primary N) is 1. The molecule has 12 N–H and O–H groups in total. The van der Waals surface area contributed by atoms with Crippen LogP contribution in [-0.2, 0) is 62.3 Å². The number of carbonyl (C=O) groups excluding carboxylic acids is 12. The molecule has 2 saturated heterocycles. The van der Waals surface area contributed by atoms with E-state index in [2.05, 4.69) is 47.9 Å². The zero-order valence-corrected chi connectivity index (χ0v) is 52.7. The number of hydrogen-bond acceptors (Lipinski definition) is 13. The molecule has 2 aliphatic heterocycles. The maximum atomic E-state index is 14.5. The minimum absolute atomic E-state index is 0.0284. The Morgan fingerprint density at radius 3 is 1.30 bits per heavy atom. The van der Waals surface area contributed by atoms with Crippen LogP contribution in [0.3, 0.4) is 0 Å². The van der Waals surface area contributed by atoms with E-state index in [4.69, 9.17) is 5.73 Å². The molecule has 12 amide bonds. The average Bonchev–Trinajstić information content (AvgIpc) is 3.43. The van der Waals surface area contributed by atoms with Gasteiger partial charge < -0.3 is 68.5 Å². The molecule has 0 aromatic rings. The summed E-state index contributed by atoms with van der Waals surface area (Å²) in [4.78, 5) is 179. The van der Waals surface area contributed by atoms with Crippen LogP contribution in [0, 0.1) is 29.6 Å². The van der Waals surface area contributed by atoms with Crippen LogP contribution in [0.5, 0.6) is 0 Å². The SMILES string of the molecule is CC[C@H](C)[C@H](NC(=O)[C@H](CC(N)=O)NC(=O)C(C)(C)NC(C)=O)C(=O)N[C@H](C(=O)NC(C)(C)C(=O)N1CCC[C@H]1C(=O)N[C@H](C(=O)N[C@@H](CC(C)C)C(=O)NC(C)(C)C(=O)N1CCC[C@H]1C(=O)N[C@@H](CC(C)C)C(=O)O)[C@@H](C)CC)[C@@H](C)CC. The molecular weight excluding hydrogens is 1090 g/mol. The van der Waals surface area contributed by atoms with Crippen molar-refractivity contribution in [2.75, 3.05) is 13.1 Å². The third-order valence-corrected chi connectivity index (χ3v) is 15.7. The second-order valence-corrected chi connectivity index (χ2v) is 25.4. The third-order valence-electron chi connectivity index (χ3n) is 15.7. The Labute approximate surface area is 495 Å². The van der Waals surface area contributed by atoms with Gasteiger partial charge in [-0.15, -0.1) is 0 Å². The van der Waals surface area contributed by atoms with Crippen LogP contribution in [-0.4, -0.2) is 170 Å². The zero-order chi connectivity index (χ0) is 64.5. The summed E-state index contributed by atoms with van der Waals surface area (Å²) in [7, 11) is 0. The van der Waals surface area contributed by atoms with Crippen molar-refractivity contribution in [1.29, 1.82) is 0 Å². The van der Waals surface area contributed by atoms with Crippen molar-refractivity contribution in [1.82, 2.24) is 57.7 Å². The first-order valence-corrected chi connectivity index (χ1v) is 29.7. The van der Waals surface area contributed by atoms with Crippen molar-refractivity contribution in [3.8, 4) is 0 Å². The Hall–Kier alpha value is -6.89. The van der Waals surface area contributed by atoms with E-state index >= 15 is 0 Å². The van der Waals surface area contributed by atoms with Gasteiger partial charge in [-0.2, -0.15) is 0 Å². The molecule has 26 nitrogen and oxygen atoms in total. The van der Waals surface area contributed by atoms with Crippen molar-refractivity contribution in [2.45, 2.75) is 247 Å². The molecule has 26 heteroatoms. The van der Waals surface area contributed by atoms with Crippen molar-refractivity contribution in [3.63, 3.8) is 0 Å². The minimum Gasteiger partial charge on any atom is -0.480 e. The monoisotopic (exact) mass is 1190 g/mol. The summed E-state index contributed by atoms with van der Waals surface area (Å²) in [6.45, 7) is 28.0. The first-order chi connectivity index (χ1) is 38.8. The molecule has 11 atom stereocenters. The molecule has 0 aromatic carbocycles. The first-order valence-electron chi connectivity index (χ1n) is 29.7. The quantitative estimate of drug-likeness (QED) is 0.0444. The van der Waals surface area contributed by atoms with Gasteiger partial charge in [-0.3, -0.25) is 57.5 Å². The topological polar surface area (TPSA) is 383 Å². The predicted octanol–water partition coefficient (Wildman–Crippen LogP) is 0.772. The van der Waals surface area contributed by atoms with E-state index in [9.17, 15) is 67.4 Å². The minimum atomic E-state index is -1.68. The molecule has 0 aromatic heterocycles. The molecule has 0 radical (unpaired) electrons. The number of carboxylic acid groups (broad SMARTS) is 1. The number of nitrogens with one attached hydrogen (secondary N) is 9. The maximum absolute atomic E-state index is 14.5. The van der Waals surface area contributed by atoms with Gasteiger partial charge in [0.25, 0.3) is 0 Å². The molecule has 2 fully saturated rings. The summed E-state index contributed by atoms with van der Waals surface area (Å²) >= 11 is 0. The highest BCUT2D eigenvalue weighted by atomic mass is 16.4. The van der Waals surface area contributed by atoms with Crippen LogP contribution >= 0.6 is 0 Å². The van der Waals surface area contributed by atoms with Crippen LogP contribution in [0.2, 0.25) is 0 Å². The second kappa shape index (κ2) is 31.8. The van der Waals surface area contributed by atoms with E-state index in [0.29, 0.717) is 32.1 Å². The number of primary amides is 1. The number of nitrogens with zero attached hydrogens (tertiary/aromatic N) is 2. The Bertz CT molecular complexity index is 2410. The van der Waals surface area contributed by atoms with Gasteiger partial charge in [0.15, 0.2) is 0 Å². The number of hydrogen-bond donors (Lipinski definition) is 11. The second-order valence-electron chi connectivity index (χ2n) is 25.4. The highest BCUT2D eigenvalue weighted by Gasteiger charge is 2.46. The summed E-state index contributed by atoms with van der Waals surface area (Å²) in [5, 5.41) is 33.7. The van der Waals surface area contributed by atoms with Gasteiger partial charge in [-0.25, -0.2) is 4.79 Å². The molecule has 2 heterocycles. The van der Waals surface area contributed by atoms with E-state index in [1.54, 1.807) is 34.6 Å². The summed E-state index contributed by atoms with van der Waals surface area (Å²) in [5.74, 6) is -11.5. The van der Waals surface area contributed by atoms with E-state index < -0.39 is 166 Å². The van der Waals surface area contributed by atoms with Gasteiger partial charge >= 0.3 is 5.97 Å². The largest absolute Gasteiger partial charge is 0.480 e. The fourth-order valence-corrected chi connectivity index (χ4v) is 10.2. The lowest BCUT2D eigenvalue weighted by Gasteiger charge is -2.36. The van der Waals surface area contributed by atoms with Crippen LogP contribution in [0.15, 0.2) is 0 Å². The average molecular weight is 1190 g/mol. The van der Waals surface area contributed by atoms with Gasteiger partial charge in [-0.05, 0) is 110 Å². The van der Waals surface area contributed by atoms with Crippen molar-refractivity contribution >= 4 is 76.9 Å². The molecule has 2 aliphatic rings. The smallest absolute Gasteiger partial charge is 0.326 e. The Kier molecular flexibility index (Phi) is 27.8. The Morgan fingerprint density at radius 2 is 0.881 bits per heavy atom. The van der Waals surface area contributed by atoms with Gasteiger partial charge in [0.1, 0.15) is 65.0 Å². The van der Waals surface area contributed by atoms with Gasteiger partial charge in [0.2, 0.25) is 70.9 Å². The Morgan fingerprint density at radius 1 is 0.488 bits per heavy atom. The predicted molar refractivity (Wildman–Crippen MR) is 312 cm³/mol. The molecule has 0 saturated carbocycles. The molecule has 0 bridgehead atoms. The number of rotatable bonds is 32. The van der Waals surface area contributed by atoms with Crippen LogP contribution < -0.4 is 53.6 Å². The van der Waals surface area contributed by atoms with Crippen LogP contribution in [0.25, 0.3) is 0 Å². The lowest BCUT2D eigenvalue weighted by atomic mass is 9.93. The summed E-state index contributed by atoms with van der Waals surface area (Å²) < 4.78 is 0. The summed E-state index contributed by atoms with van der Waals surface area (Å²) in [6.07, 6.45) is 2.18. The normalized spacial score (nSPS) is 18.8. The van der Waals surface area contributed by atoms with Crippen LogP contribution in [0.4, 0.5) is 0 Å². The molecule has 0 spiro atoms. The first kappa shape index (κ1) is 73.2.